The number of H-pyrrole nitrogens is 1. The van der Waals surface area contributed by atoms with Crippen molar-refractivity contribution in [1.29, 1.82) is 0 Å². The molecule has 1 aliphatic heterocycles. The van der Waals surface area contributed by atoms with Gasteiger partial charge in [-0.15, -0.1) is 0 Å². The molecule has 0 unspecified atom stereocenters. The standard InChI is InChI=1S/C20H29N5O3/c1-8-12-11(5)20(6,7)18(28-12)25-15-13(17(27)24-19(21)23-15)22-16(25)14(26)10(4)9(2)3/h11-12,18H,8H2,1-7H3,(H3,21,23,24,27)/t11-,12+,18+/m0/s1. The number of allylic oxidation sites excluding steroid dienone is 2. The monoisotopic (exact) mass is 387 g/mol. The molecule has 0 saturated carbocycles. The summed E-state index contributed by atoms with van der Waals surface area (Å²) in [6, 6.07) is 0. The minimum Gasteiger partial charge on any atom is -0.369 e. The highest BCUT2D eigenvalue weighted by Crippen LogP contribution is 2.50. The number of carbonyl (C=O) groups is 1. The fourth-order valence-electron chi connectivity index (χ4n) is 3.78. The number of aromatic amines is 1. The number of nitrogens with zero attached hydrogens (tertiary/aromatic N) is 3. The van der Waals surface area contributed by atoms with E-state index in [1.165, 1.54) is 0 Å². The first-order chi connectivity index (χ1) is 13.0. The summed E-state index contributed by atoms with van der Waals surface area (Å²) in [6.07, 6.45) is 0.388. The molecular weight excluding hydrogens is 358 g/mol. The summed E-state index contributed by atoms with van der Waals surface area (Å²) in [5, 5.41) is 0. The summed E-state index contributed by atoms with van der Waals surface area (Å²) in [4.78, 5) is 36.8. The number of nitrogens with two attached hydrogens (primary N) is 1. The molecule has 3 N–H and O–H groups in total. The van der Waals surface area contributed by atoms with Gasteiger partial charge in [-0.3, -0.25) is 19.1 Å². The average molecular weight is 387 g/mol. The number of Topliss-reactive ketones (excluding diaryl/α,β-unsaturated/α-hetero) is 1. The number of ketones is 1. The Balaban J connectivity index is 2.34. The van der Waals surface area contributed by atoms with Crippen molar-refractivity contribution in [3.8, 4) is 0 Å². The van der Waals surface area contributed by atoms with Gasteiger partial charge in [0.1, 0.15) is 6.23 Å². The minimum atomic E-state index is -0.491. The van der Waals surface area contributed by atoms with Crippen LogP contribution in [0.15, 0.2) is 15.9 Å². The van der Waals surface area contributed by atoms with Crippen molar-refractivity contribution >= 4 is 22.9 Å². The SMILES string of the molecule is CC[C@H]1O[C@@H](n2c(C(=O)C(C)=C(C)C)nc3c(=O)[nH]c(N)nc32)C(C)(C)[C@H]1C. The van der Waals surface area contributed by atoms with Crippen molar-refractivity contribution in [2.45, 2.75) is 67.2 Å². The van der Waals surface area contributed by atoms with Gasteiger partial charge < -0.3 is 10.5 Å². The second-order valence-electron chi connectivity index (χ2n) is 8.43. The molecule has 1 aliphatic rings. The van der Waals surface area contributed by atoms with Crippen LogP contribution in [0.5, 0.6) is 0 Å². The summed E-state index contributed by atoms with van der Waals surface area (Å²) in [5.74, 6) is 0.126. The van der Waals surface area contributed by atoms with E-state index in [0.717, 1.165) is 12.0 Å². The number of nitrogens with one attached hydrogen (secondary N) is 1. The van der Waals surface area contributed by atoms with Crippen LogP contribution in [0.4, 0.5) is 5.95 Å². The summed E-state index contributed by atoms with van der Waals surface area (Å²) in [5.41, 5.74) is 6.84. The molecule has 1 saturated heterocycles. The molecule has 8 heteroatoms. The molecule has 8 nitrogen and oxygen atoms in total. The second kappa shape index (κ2) is 6.84. The highest BCUT2D eigenvalue weighted by Gasteiger charge is 2.50. The highest BCUT2D eigenvalue weighted by molar-refractivity contribution is 6.07. The van der Waals surface area contributed by atoms with E-state index < -0.39 is 11.8 Å². The Hall–Kier alpha value is -2.48. The molecule has 0 aliphatic carbocycles. The Morgan fingerprint density at radius 1 is 1.29 bits per heavy atom. The van der Waals surface area contributed by atoms with Gasteiger partial charge in [0.05, 0.1) is 6.10 Å². The van der Waals surface area contributed by atoms with Gasteiger partial charge in [-0.1, -0.05) is 33.3 Å². The summed E-state index contributed by atoms with van der Waals surface area (Å²) < 4.78 is 8.03. The summed E-state index contributed by atoms with van der Waals surface area (Å²) in [7, 11) is 0. The molecule has 3 heterocycles. The third-order valence-electron chi connectivity index (χ3n) is 6.17. The van der Waals surface area contributed by atoms with Crippen LogP contribution in [0.3, 0.4) is 0 Å². The van der Waals surface area contributed by atoms with E-state index in [1.807, 2.05) is 13.8 Å². The van der Waals surface area contributed by atoms with Crippen LogP contribution in [0, 0.1) is 11.3 Å². The number of fused-ring (bicyclic) bond motifs is 1. The largest absolute Gasteiger partial charge is 0.369 e. The molecule has 2 aromatic heterocycles. The van der Waals surface area contributed by atoms with E-state index in [4.69, 9.17) is 10.5 Å². The predicted octanol–water partition coefficient (Wildman–Crippen LogP) is 3.21. The summed E-state index contributed by atoms with van der Waals surface area (Å²) >= 11 is 0. The third-order valence-corrected chi connectivity index (χ3v) is 6.17. The van der Waals surface area contributed by atoms with Crippen molar-refractivity contribution in [2.24, 2.45) is 11.3 Å². The van der Waals surface area contributed by atoms with Crippen molar-refractivity contribution in [3.05, 3.63) is 27.3 Å². The quantitative estimate of drug-likeness (QED) is 0.615. The molecule has 0 amide bonds. The number of carbonyl (C=O) groups excluding carboxylic acids is 1. The van der Waals surface area contributed by atoms with E-state index in [0.29, 0.717) is 5.57 Å². The van der Waals surface area contributed by atoms with Crippen molar-refractivity contribution < 1.29 is 9.53 Å². The minimum absolute atomic E-state index is 0.0209. The molecule has 152 valence electrons. The van der Waals surface area contributed by atoms with E-state index >= 15 is 0 Å². The van der Waals surface area contributed by atoms with Crippen molar-refractivity contribution in [1.82, 2.24) is 19.5 Å². The predicted molar refractivity (Wildman–Crippen MR) is 108 cm³/mol. The maximum absolute atomic E-state index is 13.2. The second-order valence-corrected chi connectivity index (χ2v) is 8.43. The molecule has 0 aromatic carbocycles. The van der Waals surface area contributed by atoms with Crippen molar-refractivity contribution in [2.75, 3.05) is 5.73 Å². The lowest BCUT2D eigenvalue weighted by molar-refractivity contribution is -0.0305. The molecule has 3 atom stereocenters. The van der Waals surface area contributed by atoms with Crippen LogP contribution in [-0.2, 0) is 4.74 Å². The molecule has 28 heavy (non-hydrogen) atoms. The number of rotatable bonds is 4. The van der Waals surface area contributed by atoms with Crippen LogP contribution in [0.25, 0.3) is 11.2 Å². The maximum atomic E-state index is 13.2. The maximum Gasteiger partial charge on any atom is 0.280 e. The Morgan fingerprint density at radius 2 is 1.93 bits per heavy atom. The molecule has 0 bridgehead atoms. The Morgan fingerprint density at radius 3 is 2.46 bits per heavy atom. The molecule has 0 spiro atoms. The number of nitrogen functional groups attached to an aromatic ring is 1. The zero-order valence-corrected chi connectivity index (χ0v) is 17.6. The first-order valence-electron chi connectivity index (χ1n) is 9.62. The number of imidazole rings is 1. The van der Waals surface area contributed by atoms with Gasteiger partial charge in [-0.2, -0.15) is 4.98 Å². The van der Waals surface area contributed by atoms with Gasteiger partial charge in [-0.05, 0) is 38.7 Å². The molecule has 0 radical (unpaired) electrons. The molecule has 2 aromatic rings. The number of ether oxygens (including phenoxy) is 1. The van der Waals surface area contributed by atoms with Crippen molar-refractivity contribution in [3.63, 3.8) is 0 Å². The third kappa shape index (κ3) is 2.96. The zero-order valence-electron chi connectivity index (χ0n) is 17.6. The number of hydrogen-bond acceptors (Lipinski definition) is 6. The number of hydrogen-bond donors (Lipinski definition) is 2. The summed E-state index contributed by atoms with van der Waals surface area (Å²) in [6.45, 7) is 13.9. The van der Waals surface area contributed by atoms with Crippen LogP contribution >= 0.6 is 0 Å². The number of anilines is 1. The van der Waals surface area contributed by atoms with Crippen LogP contribution < -0.4 is 11.3 Å². The molecule has 3 rings (SSSR count). The Kier molecular flexibility index (Phi) is 4.95. The van der Waals surface area contributed by atoms with E-state index in [-0.39, 0.29) is 46.2 Å². The smallest absolute Gasteiger partial charge is 0.280 e. The Labute approximate surface area is 164 Å². The van der Waals surface area contributed by atoms with Crippen LogP contribution in [-0.4, -0.2) is 31.4 Å². The highest BCUT2D eigenvalue weighted by atomic mass is 16.5. The van der Waals surface area contributed by atoms with E-state index in [1.54, 1.807) is 11.5 Å². The van der Waals surface area contributed by atoms with Gasteiger partial charge in [0.25, 0.3) is 5.56 Å². The lowest BCUT2D eigenvalue weighted by Gasteiger charge is -2.30. The van der Waals surface area contributed by atoms with Gasteiger partial charge in [0, 0.05) is 5.41 Å². The zero-order chi connectivity index (χ0) is 21.0. The molecular formula is C20H29N5O3. The first-order valence-corrected chi connectivity index (χ1v) is 9.62. The molecule has 1 fully saturated rings. The fourth-order valence-corrected chi connectivity index (χ4v) is 3.78. The van der Waals surface area contributed by atoms with Crippen LogP contribution in [0.2, 0.25) is 0 Å². The van der Waals surface area contributed by atoms with Gasteiger partial charge >= 0.3 is 0 Å². The van der Waals surface area contributed by atoms with E-state index in [9.17, 15) is 9.59 Å². The van der Waals surface area contributed by atoms with Gasteiger partial charge in [0.2, 0.25) is 11.7 Å². The normalized spacial score (nSPS) is 23.9. The Bertz CT molecular complexity index is 1030. The first kappa shape index (κ1) is 20.3. The van der Waals surface area contributed by atoms with E-state index in [2.05, 4.69) is 42.6 Å². The van der Waals surface area contributed by atoms with Gasteiger partial charge in [-0.25, -0.2) is 4.98 Å². The fraction of sp³-hybridized carbons (Fsp3) is 0.600. The van der Waals surface area contributed by atoms with Crippen LogP contribution in [0.1, 0.15) is 71.7 Å². The average Bonchev–Trinajstić information content (AvgIpc) is 3.09. The number of aromatic nitrogens is 4. The lowest BCUT2D eigenvalue weighted by Crippen LogP contribution is -2.30. The van der Waals surface area contributed by atoms with Gasteiger partial charge in [0.15, 0.2) is 17.0 Å². The topological polar surface area (TPSA) is 116 Å². The lowest BCUT2D eigenvalue weighted by atomic mass is 9.77.